The zero-order valence-electron chi connectivity index (χ0n) is 13.1. The van der Waals surface area contributed by atoms with Crippen LogP contribution in [0.2, 0.25) is 0 Å². The molecule has 114 valence electrons. The van der Waals surface area contributed by atoms with Crippen LogP contribution in [0.15, 0.2) is 24.3 Å². The van der Waals surface area contributed by atoms with Crippen LogP contribution in [-0.2, 0) is 4.79 Å². The second-order valence-electron chi connectivity index (χ2n) is 5.70. The molecule has 0 saturated carbocycles. The smallest absolute Gasteiger partial charge is 0.241 e. The molecular formula is C16H23N3O2. The highest BCUT2D eigenvalue weighted by Crippen LogP contribution is 2.15. The molecule has 0 aliphatic heterocycles. The van der Waals surface area contributed by atoms with Crippen LogP contribution in [0.4, 0.5) is 5.69 Å². The monoisotopic (exact) mass is 289 g/mol. The molecule has 5 nitrogen and oxygen atoms in total. The summed E-state index contributed by atoms with van der Waals surface area (Å²) >= 11 is 0. The van der Waals surface area contributed by atoms with Gasteiger partial charge in [-0.1, -0.05) is 19.1 Å². The maximum Gasteiger partial charge on any atom is 0.241 e. The van der Waals surface area contributed by atoms with Crippen LogP contribution < -0.4 is 5.32 Å². The van der Waals surface area contributed by atoms with E-state index >= 15 is 0 Å². The summed E-state index contributed by atoms with van der Waals surface area (Å²) in [4.78, 5) is 14.2. The Labute approximate surface area is 126 Å². The molecule has 0 spiro atoms. The lowest BCUT2D eigenvalue weighted by atomic mass is 10.1. The van der Waals surface area contributed by atoms with Gasteiger partial charge in [-0.05, 0) is 39.4 Å². The van der Waals surface area contributed by atoms with Gasteiger partial charge in [0.15, 0.2) is 0 Å². The van der Waals surface area contributed by atoms with Crippen molar-refractivity contribution in [3.05, 3.63) is 29.8 Å². The standard InChI is InChI=1S/C16H23N3O2/c1-5-19(11-16(3,4)21)12(2)15(20)18-14-9-7-6-8-13(14)10-17/h6-9,12,21H,5,11H2,1-4H3,(H,18,20). The molecule has 1 rings (SSSR count). The van der Waals surface area contributed by atoms with Crippen LogP contribution in [0.25, 0.3) is 0 Å². The van der Waals surface area contributed by atoms with Gasteiger partial charge in [-0.15, -0.1) is 0 Å². The molecule has 2 N–H and O–H groups in total. The molecule has 0 aromatic heterocycles. The maximum atomic E-state index is 12.3. The van der Waals surface area contributed by atoms with Crippen molar-refractivity contribution >= 4 is 11.6 Å². The van der Waals surface area contributed by atoms with E-state index in [4.69, 9.17) is 5.26 Å². The molecule has 21 heavy (non-hydrogen) atoms. The number of nitrogens with one attached hydrogen (secondary N) is 1. The fourth-order valence-electron chi connectivity index (χ4n) is 2.11. The summed E-state index contributed by atoms with van der Waals surface area (Å²) < 4.78 is 0. The summed E-state index contributed by atoms with van der Waals surface area (Å²) in [5.74, 6) is -0.191. The topological polar surface area (TPSA) is 76.4 Å². The number of carbonyl (C=O) groups excluding carboxylic acids is 1. The molecule has 1 amide bonds. The highest BCUT2D eigenvalue weighted by atomic mass is 16.3. The molecule has 1 atom stereocenters. The third kappa shape index (κ3) is 5.18. The second kappa shape index (κ2) is 7.21. The number of amides is 1. The van der Waals surface area contributed by atoms with Gasteiger partial charge >= 0.3 is 0 Å². The number of carbonyl (C=O) groups is 1. The van der Waals surface area contributed by atoms with Gasteiger partial charge in [-0.2, -0.15) is 5.26 Å². The third-order valence-corrected chi connectivity index (χ3v) is 3.23. The first-order valence-electron chi connectivity index (χ1n) is 7.05. The minimum atomic E-state index is -0.866. The summed E-state index contributed by atoms with van der Waals surface area (Å²) in [7, 11) is 0. The average molecular weight is 289 g/mol. The van der Waals surface area contributed by atoms with Crippen molar-refractivity contribution < 1.29 is 9.90 Å². The van der Waals surface area contributed by atoms with Gasteiger partial charge < -0.3 is 10.4 Å². The first-order valence-corrected chi connectivity index (χ1v) is 7.05. The predicted molar refractivity (Wildman–Crippen MR) is 82.8 cm³/mol. The summed E-state index contributed by atoms with van der Waals surface area (Å²) in [5.41, 5.74) is 0.0783. The molecule has 1 aromatic rings. The molecular weight excluding hydrogens is 266 g/mol. The molecule has 0 fully saturated rings. The second-order valence-corrected chi connectivity index (χ2v) is 5.70. The number of rotatable bonds is 6. The van der Waals surface area contributed by atoms with E-state index in [0.29, 0.717) is 24.3 Å². The van der Waals surface area contributed by atoms with Gasteiger partial charge in [-0.3, -0.25) is 9.69 Å². The van der Waals surface area contributed by atoms with Crippen LogP contribution in [0.5, 0.6) is 0 Å². The molecule has 0 aliphatic carbocycles. The number of hydrogen-bond donors (Lipinski definition) is 2. The van der Waals surface area contributed by atoms with E-state index in [1.807, 2.05) is 11.8 Å². The highest BCUT2D eigenvalue weighted by Gasteiger charge is 2.25. The average Bonchev–Trinajstić information content (AvgIpc) is 2.43. The number of nitrogens with zero attached hydrogens (tertiary/aromatic N) is 2. The SMILES string of the molecule is CCN(CC(C)(C)O)C(C)C(=O)Nc1ccccc1C#N. The number of benzene rings is 1. The zero-order chi connectivity index (χ0) is 16.0. The molecule has 0 bridgehead atoms. The minimum absolute atomic E-state index is 0.191. The van der Waals surface area contributed by atoms with Crippen LogP contribution >= 0.6 is 0 Å². The first kappa shape index (κ1) is 17.2. The minimum Gasteiger partial charge on any atom is -0.389 e. The number of hydrogen-bond acceptors (Lipinski definition) is 4. The van der Waals surface area contributed by atoms with Gasteiger partial charge in [0.2, 0.25) is 5.91 Å². The van der Waals surface area contributed by atoms with Gasteiger partial charge in [-0.25, -0.2) is 0 Å². The van der Waals surface area contributed by atoms with Crippen LogP contribution in [0, 0.1) is 11.3 Å². The zero-order valence-corrected chi connectivity index (χ0v) is 13.1. The van der Waals surface area contributed by atoms with Crippen LogP contribution in [-0.4, -0.2) is 40.6 Å². The van der Waals surface area contributed by atoms with Crippen molar-refractivity contribution in [2.24, 2.45) is 0 Å². The predicted octanol–water partition coefficient (Wildman–Crippen LogP) is 1.98. The van der Waals surface area contributed by atoms with Crippen molar-refractivity contribution in [1.82, 2.24) is 4.90 Å². The van der Waals surface area contributed by atoms with E-state index in [9.17, 15) is 9.90 Å². The fraction of sp³-hybridized carbons (Fsp3) is 0.500. The highest BCUT2D eigenvalue weighted by molar-refractivity contribution is 5.95. The third-order valence-electron chi connectivity index (χ3n) is 3.23. The van der Waals surface area contributed by atoms with Crippen molar-refractivity contribution in [2.75, 3.05) is 18.4 Å². The molecule has 0 heterocycles. The molecule has 1 unspecified atom stereocenters. The van der Waals surface area contributed by atoms with Crippen molar-refractivity contribution in [2.45, 2.75) is 39.3 Å². The van der Waals surface area contributed by atoms with E-state index in [-0.39, 0.29) is 5.91 Å². The Morgan fingerprint density at radius 2 is 2.10 bits per heavy atom. The quantitative estimate of drug-likeness (QED) is 0.839. The van der Waals surface area contributed by atoms with Crippen molar-refractivity contribution in [3.8, 4) is 6.07 Å². The normalized spacial score (nSPS) is 12.8. The fourth-order valence-corrected chi connectivity index (χ4v) is 2.11. The number of aliphatic hydroxyl groups is 1. The Hall–Kier alpha value is -1.90. The Balaban J connectivity index is 2.80. The van der Waals surface area contributed by atoms with Crippen LogP contribution in [0.3, 0.4) is 0 Å². The Kier molecular flexibility index (Phi) is 5.89. The lowest BCUT2D eigenvalue weighted by Gasteiger charge is -2.32. The lowest BCUT2D eigenvalue weighted by molar-refractivity contribution is -0.121. The molecule has 0 saturated heterocycles. The maximum absolute atomic E-state index is 12.3. The van der Waals surface area contributed by atoms with E-state index in [2.05, 4.69) is 11.4 Å². The largest absolute Gasteiger partial charge is 0.389 e. The van der Waals surface area contributed by atoms with Gasteiger partial charge in [0.1, 0.15) is 6.07 Å². The summed E-state index contributed by atoms with van der Waals surface area (Å²) in [6.07, 6.45) is 0. The summed E-state index contributed by atoms with van der Waals surface area (Å²) in [5, 5.41) is 21.7. The molecule has 0 aliphatic rings. The molecule has 1 aromatic carbocycles. The van der Waals surface area contributed by atoms with E-state index < -0.39 is 11.6 Å². The van der Waals surface area contributed by atoms with Gasteiger partial charge in [0.25, 0.3) is 0 Å². The van der Waals surface area contributed by atoms with Gasteiger partial charge in [0.05, 0.1) is 22.9 Å². The summed E-state index contributed by atoms with van der Waals surface area (Å²) in [6.45, 7) is 8.21. The van der Waals surface area contributed by atoms with E-state index in [0.717, 1.165) is 0 Å². The molecule has 5 heteroatoms. The Morgan fingerprint density at radius 1 is 1.48 bits per heavy atom. The Morgan fingerprint density at radius 3 is 2.62 bits per heavy atom. The Bertz CT molecular complexity index is 529. The summed E-state index contributed by atoms with van der Waals surface area (Å²) in [6, 6.07) is 8.55. The molecule has 0 radical (unpaired) electrons. The van der Waals surface area contributed by atoms with E-state index in [1.165, 1.54) is 0 Å². The van der Waals surface area contributed by atoms with Crippen molar-refractivity contribution in [3.63, 3.8) is 0 Å². The van der Waals surface area contributed by atoms with Gasteiger partial charge in [0, 0.05) is 6.54 Å². The number of likely N-dealkylation sites (N-methyl/N-ethyl adjacent to an activating group) is 1. The first-order chi connectivity index (χ1) is 9.78. The van der Waals surface area contributed by atoms with E-state index in [1.54, 1.807) is 45.0 Å². The number of nitriles is 1. The number of para-hydroxylation sites is 1. The number of anilines is 1. The van der Waals surface area contributed by atoms with Crippen molar-refractivity contribution in [1.29, 1.82) is 5.26 Å². The lowest BCUT2D eigenvalue weighted by Crippen LogP contribution is -2.48. The van der Waals surface area contributed by atoms with Crippen LogP contribution in [0.1, 0.15) is 33.3 Å².